The van der Waals surface area contributed by atoms with Crippen LogP contribution in [0.2, 0.25) is 23.2 Å². The van der Waals surface area contributed by atoms with E-state index in [0.717, 1.165) is 12.8 Å². The van der Waals surface area contributed by atoms with Crippen molar-refractivity contribution in [3.63, 3.8) is 0 Å². The van der Waals surface area contributed by atoms with Crippen LogP contribution in [-0.2, 0) is 20.2 Å². The summed E-state index contributed by atoms with van der Waals surface area (Å²) < 4.78 is 20.8. The number of ether oxygens (including phenoxy) is 1. The van der Waals surface area contributed by atoms with Crippen LogP contribution in [0.1, 0.15) is 59.9 Å². The van der Waals surface area contributed by atoms with Crippen molar-refractivity contribution in [1.29, 1.82) is 0 Å². The molecule has 0 radical (unpaired) electrons. The van der Waals surface area contributed by atoms with E-state index in [4.69, 9.17) is 13.6 Å². The van der Waals surface area contributed by atoms with Gasteiger partial charge in [0.1, 0.15) is 0 Å². The first-order chi connectivity index (χ1) is 19.8. The molecule has 228 valence electrons. The lowest BCUT2D eigenvalue weighted by atomic mass is 9.96. The van der Waals surface area contributed by atoms with E-state index in [1.165, 1.54) is 15.9 Å². The Labute approximate surface area is 257 Å². The lowest BCUT2D eigenvalue weighted by molar-refractivity contribution is 0.0301. The highest BCUT2D eigenvalue weighted by Crippen LogP contribution is 2.40. The van der Waals surface area contributed by atoms with E-state index in [1.54, 1.807) is 0 Å². The molecule has 1 aliphatic rings. The maximum absolute atomic E-state index is 7.67. The predicted octanol–water partition coefficient (Wildman–Crippen LogP) is 7.29. The van der Waals surface area contributed by atoms with E-state index < -0.39 is 16.6 Å². The van der Waals surface area contributed by atoms with E-state index >= 15 is 0 Å². The van der Waals surface area contributed by atoms with E-state index in [1.807, 2.05) is 6.07 Å². The van der Waals surface area contributed by atoms with Crippen molar-refractivity contribution in [2.75, 3.05) is 13.2 Å². The second-order valence-corrected chi connectivity index (χ2v) is 23.5. The fourth-order valence-electron chi connectivity index (χ4n) is 5.81. The Kier molecular flexibility index (Phi) is 10.7. The number of hydrogen-bond donors (Lipinski definition) is 1. The zero-order valence-electron chi connectivity index (χ0n) is 27.2. The molecule has 0 aliphatic carbocycles. The zero-order chi connectivity index (χ0) is 30.4. The second-order valence-electron chi connectivity index (χ2n) is 14.4. The van der Waals surface area contributed by atoms with Gasteiger partial charge in [0, 0.05) is 6.04 Å². The zero-order valence-corrected chi connectivity index (χ0v) is 29.2. The maximum Gasteiger partial charge on any atom is 0.261 e. The van der Waals surface area contributed by atoms with Gasteiger partial charge in [-0.05, 0) is 51.9 Å². The van der Waals surface area contributed by atoms with E-state index in [2.05, 4.69) is 145 Å². The van der Waals surface area contributed by atoms with Crippen LogP contribution in [0.4, 0.5) is 0 Å². The van der Waals surface area contributed by atoms with E-state index in [9.17, 15) is 0 Å². The Morgan fingerprint density at radius 3 is 1.71 bits per heavy atom. The van der Waals surface area contributed by atoms with Gasteiger partial charge in [0.15, 0.2) is 8.32 Å². The third-order valence-electron chi connectivity index (χ3n) is 9.30. The first-order valence-corrected chi connectivity index (χ1v) is 20.5. The van der Waals surface area contributed by atoms with Crippen molar-refractivity contribution in [2.45, 2.75) is 102 Å². The second kappa shape index (κ2) is 13.7. The first-order valence-electron chi connectivity index (χ1n) is 15.6. The topological polar surface area (TPSA) is 39.7 Å². The van der Waals surface area contributed by atoms with Crippen LogP contribution in [-0.4, -0.2) is 48.0 Å². The summed E-state index contributed by atoms with van der Waals surface area (Å²) in [7, 11) is -4.65. The number of rotatable bonds is 11. The van der Waals surface area contributed by atoms with E-state index in [-0.39, 0.29) is 28.3 Å². The van der Waals surface area contributed by atoms with Crippen molar-refractivity contribution in [3.05, 3.63) is 96.6 Å². The molecule has 1 saturated heterocycles. The molecule has 1 heterocycles. The number of nitrogens with one attached hydrogen (secondary N) is 1. The molecular formula is C36H53NO3Si2. The van der Waals surface area contributed by atoms with Gasteiger partial charge in [-0.2, -0.15) is 0 Å². The van der Waals surface area contributed by atoms with Crippen molar-refractivity contribution in [2.24, 2.45) is 0 Å². The van der Waals surface area contributed by atoms with Crippen LogP contribution in [0.25, 0.3) is 0 Å². The Morgan fingerprint density at radius 2 is 1.21 bits per heavy atom. The minimum Gasteiger partial charge on any atom is -0.415 e. The van der Waals surface area contributed by atoms with Gasteiger partial charge in [-0.15, -0.1) is 0 Å². The molecule has 0 amide bonds. The van der Waals surface area contributed by atoms with Crippen molar-refractivity contribution < 1.29 is 13.6 Å². The lowest BCUT2D eigenvalue weighted by Crippen LogP contribution is -2.70. The maximum atomic E-state index is 7.67. The minimum atomic E-state index is -2.70. The summed E-state index contributed by atoms with van der Waals surface area (Å²) in [5, 5.41) is 6.67. The van der Waals surface area contributed by atoms with Gasteiger partial charge in [0.2, 0.25) is 0 Å². The van der Waals surface area contributed by atoms with Crippen LogP contribution in [0.15, 0.2) is 91.0 Å². The molecule has 3 atom stereocenters. The third kappa shape index (κ3) is 7.71. The summed E-state index contributed by atoms with van der Waals surface area (Å²) in [4.78, 5) is 0. The molecule has 42 heavy (non-hydrogen) atoms. The van der Waals surface area contributed by atoms with Gasteiger partial charge in [0.05, 0.1) is 32.0 Å². The summed E-state index contributed by atoms with van der Waals surface area (Å²) in [6.07, 6.45) is 2.02. The Balaban J connectivity index is 1.62. The first kappa shape index (κ1) is 32.8. The molecule has 4 rings (SSSR count). The highest BCUT2D eigenvalue weighted by molar-refractivity contribution is 6.99. The summed E-state index contributed by atoms with van der Waals surface area (Å²) in [6, 6.07) is 32.7. The van der Waals surface area contributed by atoms with E-state index in [0.29, 0.717) is 19.8 Å². The summed E-state index contributed by atoms with van der Waals surface area (Å²) in [5.41, 5.74) is 1.21. The predicted molar refractivity (Wildman–Crippen MR) is 182 cm³/mol. The Hall–Kier alpha value is -2.07. The molecule has 0 unspecified atom stereocenters. The number of piperidine rings is 1. The van der Waals surface area contributed by atoms with Crippen LogP contribution in [0.5, 0.6) is 0 Å². The molecule has 0 aromatic heterocycles. The highest BCUT2D eigenvalue weighted by Gasteiger charge is 2.53. The SMILES string of the molecule is CC(C)(C)[Si](C)(C)OC[C@H]1N[C@H](COCc2ccccc2)CC[C@@H]1O[Si](c1ccccc1)(c1ccccc1)C(C)(C)C. The molecule has 0 saturated carbocycles. The molecule has 0 spiro atoms. The lowest BCUT2D eigenvalue weighted by Gasteiger charge is -2.49. The standard InChI is InChI=1S/C36H53NO3Si2/c1-35(2,3)41(7,8)39-28-33-34(25-24-30(37-33)27-38-26-29-18-12-9-13-19-29)40-42(36(4,5)6,31-20-14-10-15-21-31)32-22-16-11-17-23-32/h9-23,30,33-34,37H,24-28H2,1-8H3/t30-,33+,34-/m0/s1. The van der Waals surface area contributed by atoms with Crippen LogP contribution < -0.4 is 15.7 Å². The fourth-order valence-corrected chi connectivity index (χ4v) is 11.6. The molecule has 0 bridgehead atoms. The molecule has 4 nitrogen and oxygen atoms in total. The molecule has 3 aromatic carbocycles. The van der Waals surface area contributed by atoms with Gasteiger partial charge in [-0.25, -0.2) is 0 Å². The van der Waals surface area contributed by atoms with Gasteiger partial charge in [-0.3, -0.25) is 0 Å². The number of hydrogen-bond acceptors (Lipinski definition) is 4. The van der Waals surface area contributed by atoms with Crippen molar-refractivity contribution in [1.82, 2.24) is 5.32 Å². The average Bonchev–Trinajstić information content (AvgIpc) is 2.96. The molecule has 6 heteroatoms. The Morgan fingerprint density at radius 1 is 0.690 bits per heavy atom. The molecule has 1 N–H and O–H groups in total. The van der Waals surface area contributed by atoms with Crippen molar-refractivity contribution >= 4 is 27.0 Å². The summed E-state index contributed by atoms with van der Waals surface area (Å²) in [5.74, 6) is 0. The summed E-state index contributed by atoms with van der Waals surface area (Å²) >= 11 is 0. The average molecular weight is 604 g/mol. The van der Waals surface area contributed by atoms with Crippen LogP contribution >= 0.6 is 0 Å². The molecule has 1 aliphatic heterocycles. The normalized spacial score (nSPS) is 20.4. The number of benzene rings is 3. The highest BCUT2D eigenvalue weighted by atomic mass is 28.4. The minimum absolute atomic E-state index is 0.0337. The van der Waals surface area contributed by atoms with Gasteiger partial charge in [0.25, 0.3) is 8.32 Å². The quantitative estimate of drug-likeness (QED) is 0.234. The van der Waals surface area contributed by atoms with Gasteiger partial charge < -0.3 is 18.9 Å². The molecular weight excluding hydrogens is 551 g/mol. The molecule has 1 fully saturated rings. The molecule has 3 aromatic rings. The van der Waals surface area contributed by atoms with Gasteiger partial charge >= 0.3 is 0 Å². The third-order valence-corrected chi connectivity index (χ3v) is 18.9. The van der Waals surface area contributed by atoms with Crippen LogP contribution in [0, 0.1) is 0 Å². The van der Waals surface area contributed by atoms with Crippen molar-refractivity contribution in [3.8, 4) is 0 Å². The summed E-state index contributed by atoms with van der Waals surface area (Å²) in [6.45, 7) is 20.6. The Bertz CT molecular complexity index is 1180. The van der Waals surface area contributed by atoms with Gasteiger partial charge in [-0.1, -0.05) is 133 Å². The van der Waals surface area contributed by atoms with Crippen LogP contribution in [0.3, 0.4) is 0 Å². The smallest absolute Gasteiger partial charge is 0.261 e. The largest absolute Gasteiger partial charge is 0.415 e. The monoisotopic (exact) mass is 603 g/mol. The fraction of sp³-hybridized carbons (Fsp3) is 0.500.